The van der Waals surface area contributed by atoms with Crippen molar-refractivity contribution in [3.63, 3.8) is 0 Å². The molecule has 0 aromatic heterocycles. The Morgan fingerprint density at radius 1 is 0.784 bits per heavy atom. The van der Waals surface area contributed by atoms with Gasteiger partial charge < -0.3 is 24.1 Å². The average molecular weight is 511 g/mol. The van der Waals surface area contributed by atoms with Crippen molar-refractivity contribution < 1.29 is 24.1 Å². The van der Waals surface area contributed by atoms with Gasteiger partial charge in [0.15, 0.2) is 0 Å². The van der Waals surface area contributed by atoms with E-state index in [4.69, 9.17) is 24.1 Å². The van der Waals surface area contributed by atoms with E-state index in [0.717, 1.165) is 48.3 Å². The lowest BCUT2D eigenvalue weighted by Crippen LogP contribution is -2.33. The Labute approximate surface area is 224 Å². The van der Waals surface area contributed by atoms with Crippen LogP contribution in [0.2, 0.25) is 0 Å². The summed E-state index contributed by atoms with van der Waals surface area (Å²) in [4.78, 5) is 0. The number of aliphatic hydroxyl groups excluding tert-OH is 1. The van der Waals surface area contributed by atoms with Crippen molar-refractivity contribution in [3.8, 4) is 22.6 Å². The highest BCUT2D eigenvalue weighted by Gasteiger charge is 2.25. The molecule has 0 unspecified atom stereocenters. The maximum atomic E-state index is 8.88. The molecule has 2 rings (SSSR count). The van der Waals surface area contributed by atoms with Gasteiger partial charge in [-0.2, -0.15) is 0 Å². The van der Waals surface area contributed by atoms with Crippen LogP contribution in [0, 0.1) is 0 Å². The van der Waals surface area contributed by atoms with E-state index in [1.807, 2.05) is 25.1 Å². The summed E-state index contributed by atoms with van der Waals surface area (Å²) in [5.41, 5.74) is 3.58. The second-order valence-corrected chi connectivity index (χ2v) is 10.4. The van der Waals surface area contributed by atoms with Crippen LogP contribution in [0.15, 0.2) is 61.7 Å². The number of rotatable bonds is 18. The van der Waals surface area contributed by atoms with Gasteiger partial charge in [-0.15, -0.1) is 13.2 Å². The SMILES string of the molecule is C=CCc1ccc(OCC)c(-c2cc(CC=C)ccc2OC(C)(C)CCOC(C)(C)CCOCCO)c1. The van der Waals surface area contributed by atoms with Crippen molar-refractivity contribution in [2.45, 2.75) is 71.5 Å². The molecule has 1 N–H and O–H groups in total. The molecule has 0 heterocycles. The van der Waals surface area contributed by atoms with Crippen LogP contribution < -0.4 is 9.47 Å². The largest absolute Gasteiger partial charge is 0.493 e. The van der Waals surface area contributed by atoms with E-state index in [1.165, 1.54) is 11.1 Å². The van der Waals surface area contributed by atoms with E-state index in [9.17, 15) is 0 Å². The number of benzene rings is 2. The predicted molar refractivity (Wildman–Crippen MR) is 153 cm³/mol. The highest BCUT2D eigenvalue weighted by molar-refractivity contribution is 5.77. The molecule has 204 valence electrons. The predicted octanol–water partition coefficient (Wildman–Crippen LogP) is 6.95. The Hall–Kier alpha value is -2.60. The van der Waals surface area contributed by atoms with Crippen molar-refractivity contribution in [2.24, 2.45) is 0 Å². The molecule has 0 aliphatic heterocycles. The zero-order chi connectivity index (χ0) is 27.3. The van der Waals surface area contributed by atoms with Crippen LogP contribution in [0.5, 0.6) is 11.5 Å². The molecule has 5 nitrogen and oxygen atoms in total. The van der Waals surface area contributed by atoms with Gasteiger partial charge in [-0.3, -0.25) is 0 Å². The summed E-state index contributed by atoms with van der Waals surface area (Å²) in [7, 11) is 0. The van der Waals surface area contributed by atoms with Gasteiger partial charge in [0.05, 0.1) is 32.0 Å². The minimum absolute atomic E-state index is 0.0357. The van der Waals surface area contributed by atoms with E-state index in [2.05, 4.69) is 71.2 Å². The number of hydrogen-bond donors (Lipinski definition) is 1. The monoisotopic (exact) mass is 510 g/mol. The Balaban J connectivity index is 2.26. The first kappa shape index (κ1) is 30.6. The number of ether oxygens (including phenoxy) is 4. The zero-order valence-electron chi connectivity index (χ0n) is 23.5. The van der Waals surface area contributed by atoms with Crippen molar-refractivity contribution in [1.82, 2.24) is 0 Å². The van der Waals surface area contributed by atoms with Crippen LogP contribution in [0.25, 0.3) is 11.1 Å². The standard InChI is InChI=1S/C32H46O5/c1-8-11-25-13-15-29(35-10-3)27(23-25)28-24-26(12-9-2)14-16-30(28)37-32(6,7)18-21-36-31(4,5)17-20-34-22-19-33/h8-9,13-16,23-24,33H,1-2,10-12,17-22H2,3-7H3. The third-order valence-corrected chi connectivity index (χ3v) is 6.11. The molecule has 0 saturated heterocycles. The summed E-state index contributed by atoms with van der Waals surface area (Å²) < 4.78 is 24.2. The fourth-order valence-corrected chi connectivity index (χ4v) is 4.01. The quantitative estimate of drug-likeness (QED) is 0.174. The molecular weight excluding hydrogens is 464 g/mol. The molecule has 2 aromatic carbocycles. The van der Waals surface area contributed by atoms with Crippen molar-refractivity contribution >= 4 is 0 Å². The highest BCUT2D eigenvalue weighted by Crippen LogP contribution is 2.40. The van der Waals surface area contributed by atoms with Gasteiger partial charge in [0, 0.05) is 24.2 Å². The van der Waals surface area contributed by atoms with Crippen LogP contribution in [0.1, 0.15) is 58.6 Å². The second-order valence-electron chi connectivity index (χ2n) is 10.4. The van der Waals surface area contributed by atoms with Crippen LogP contribution in [0.3, 0.4) is 0 Å². The highest BCUT2D eigenvalue weighted by atomic mass is 16.5. The van der Waals surface area contributed by atoms with Crippen molar-refractivity contribution in [2.75, 3.05) is 33.0 Å². The van der Waals surface area contributed by atoms with E-state index in [1.54, 1.807) is 0 Å². The minimum atomic E-state index is -0.456. The summed E-state index contributed by atoms with van der Waals surface area (Å²) in [5, 5.41) is 8.88. The van der Waals surface area contributed by atoms with Gasteiger partial charge in [-0.1, -0.05) is 24.3 Å². The molecular formula is C32H46O5. The summed E-state index contributed by atoms with van der Waals surface area (Å²) in [6, 6.07) is 12.6. The topological polar surface area (TPSA) is 57.2 Å². The lowest BCUT2D eigenvalue weighted by atomic mass is 9.96. The third kappa shape index (κ3) is 10.4. The molecule has 2 aromatic rings. The van der Waals surface area contributed by atoms with E-state index in [-0.39, 0.29) is 12.2 Å². The molecule has 0 radical (unpaired) electrons. The van der Waals surface area contributed by atoms with E-state index < -0.39 is 5.60 Å². The molecule has 0 spiro atoms. The van der Waals surface area contributed by atoms with Gasteiger partial charge in [-0.05, 0) is 89.3 Å². The first-order valence-corrected chi connectivity index (χ1v) is 13.3. The van der Waals surface area contributed by atoms with Gasteiger partial charge in [0.25, 0.3) is 0 Å². The molecule has 0 bridgehead atoms. The Morgan fingerprint density at radius 3 is 1.92 bits per heavy atom. The lowest BCUT2D eigenvalue weighted by molar-refractivity contribution is -0.0588. The maximum absolute atomic E-state index is 8.88. The van der Waals surface area contributed by atoms with Gasteiger partial charge in [-0.25, -0.2) is 0 Å². The first-order valence-electron chi connectivity index (χ1n) is 13.3. The van der Waals surface area contributed by atoms with Crippen LogP contribution >= 0.6 is 0 Å². The van der Waals surface area contributed by atoms with Crippen LogP contribution in [0.4, 0.5) is 0 Å². The summed E-state index contributed by atoms with van der Waals surface area (Å²) in [6.45, 7) is 20.2. The molecule has 5 heteroatoms. The first-order chi connectivity index (χ1) is 17.6. The normalized spacial score (nSPS) is 11.8. The van der Waals surface area contributed by atoms with E-state index >= 15 is 0 Å². The fourth-order valence-electron chi connectivity index (χ4n) is 4.01. The molecule has 0 saturated carbocycles. The zero-order valence-corrected chi connectivity index (χ0v) is 23.5. The van der Waals surface area contributed by atoms with E-state index in [0.29, 0.717) is 26.4 Å². The Kier molecular flexibility index (Phi) is 12.4. The maximum Gasteiger partial charge on any atom is 0.128 e. The molecule has 0 aliphatic rings. The number of allylic oxidation sites excluding steroid dienone is 2. The van der Waals surface area contributed by atoms with Gasteiger partial charge >= 0.3 is 0 Å². The van der Waals surface area contributed by atoms with Crippen LogP contribution in [-0.4, -0.2) is 49.3 Å². The molecule has 0 atom stereocenters. The Morgan fingerprint density at radius 2 is 1.35 bits per heavy atom. The average Bonchev–Trinajstić information content (AvgIpc) is 2.84. The summed E-state index contributed by atoms with van der Waals surface area (Å²) in [5.74, 6) is 1.65. The molecule has 37 heavy (non-hydrogen) atoms. The van der Waals surface area contributed by atoms with Crippen LogP contribution in [-0.2, 0) is 22.3 Å². The second kappa shape index (κ2) is 15.0. The number of aliphatic hydroxyl groups is 1. The molecule has 0 amide bonds. The fraction of sp³-hybridized carbons (Fsp3) is 0.500. The minimum Gasteiger partial charge on any atom is -0.493 e. The molecule has 0 fully saturated rings. The van der Waals surface area contributed by atoms with Gasteiger partial charge in [0.2, 0.25) is 0 Å². The third-order valence-electron chi connectivity index (χ3n) is 6.11. The summed E-state index contributed by atoms with van der Waals surface area (Å²) >= 11 is 0. The number of hydrogen-bond acceptors (Lipinski definition) is 5. The van der Waals surface area contributed by atoms with Crippen molar-refractivity contribution in [1.29, 1.82) is 0 Å². The lowest BCUT2D eigenvalue weighted by Gasteiger charge is -2.31. The molecule has 0 aliphatic carbocycles. The van der Waals surface area contributed by atoms with Crippen molar-refractivity contribution in [3.05, 3.63) is 72.8 Å². The smallest absolute Gasteiger partial charge is 0.128 e. The Bertz CT molecular complexity index is 993. The van der Waals surface area contributed by atoms with Gasteiger partial charge in [0.1, 0.15) is 17.1 Å². The summed E-state index contributed by atoms with van der Waals surface area (Å²) in [6.07, 6.45) is 6.86.